The van der Waals surface area contributed by atoms with Gasteiger partial charge in [0.15, 0.2) is 0 Å². The molecule has 2 nitrogen and oxygen atoms in total. The second kappa shape index (κ2) is 2.24. The predicted octanol–water partition coefficient (Wildman–Crippen LogP) is -1.85. The molecule has 5 heavy (non-hydrogen) atoms. The van der Waals surface area contributed by atoms with E-state index in [0.717, 1.165) is 0 Å². The van der Waals surface area contributed by atoms with Crippen LogP contribution < -0.4 is 4.97 Å². The lowest BCUT2D eigenvalue weighted by Crippen LogP contribution is -3.05. The van der Waals surface area contributed by atoms with Crippen LogP contribution in [0.15, 0.2) is 0 Å². The van der Waals surface area contributed by atoms with Crippen molar-refractivity contribution < 1.29 is 9.81 Å². The minimum Gasteiger partial charge on any atom is -0.454 e. The van der Waals surface area contributed by atoms with E-state index in [0.29, 0.717) is 4.97 Å². The summed E-state index contributed by atoms with van der Waals surface area (Å²) in [7, 11) is 8.22. The fraction of sp³-hybridized carbons (Fsp3) is 1.00. The first-order chi connectivity index (χ1) is 2.27. The Bertz CT molecular complexity index is 23.6. The van der Waals surface area contributed by atoms with Crippen LogP contribution in [0.1, 0.15) is 0 Å². The Morgan fingerprint density at radius 2 is 2.00 bits per heavy atom. The van der Waals surface area contributed by atoms with Gasteiger partial charge in [0.25, 0.3) is 0 Å². The normalized spacial score (nSPS) is 15.0. The van der Waals surface area contributed by atoms with Gasteiger partial charge in [0.2, 0.25) is 0 Å². The highest BCUT2D eigenvalue weighted by atomic mass is 16.7. The Kier molecular flexibility index (Phi) is 2.23. The van der Waals surface area contributed by atoms with Crippen molar-refractivity contribution in [1.29, 1.82) is 0 Å². The summed E-state index contributed by atoms with van der Waals surface area (Å²) >= 11 is 0. The van der Waals surface area contributed by atoms with Crippen molar-refractivity contribution in [3.05, 3.63) is 0 Å². The first-order valence-corrected chi connectivity index (χ1v) is 1.40. The molecule has 0 heterocycles. The van der Waals surface area contributed by atoms with Gasteiger partial charge in [-0.2, -0.15) is 7.98 Å². The van der Waals surface area contributed by atoms with Gasteiger partial charge in [-0.05, 0) is 0 Å². The lowest BCUT2D eigenvalue weighted by molar-refractivity contribution is -0.974. The summed E-state index contributed by atoms with van der Waals surface area (Å²) < 4.78 is 0. The third-order valence-corrected chi connectivity index (χ3v) is 0.322. The van der Waals surface area contributed by atoms with E-state index in [2.05, 4.69) is 4.84 Å². The molecule has 3 radical (unpaired) electrons. The average molecular weight is 71.9 g/mol. The third-order valence-electron chi connectivity index (χ3n) is 0.322. The maximum Gasteiger partial charge on any atom is 0.0892 e. The van der Waals surface area contributed by atoms with Crippen molar-refractivity contribution in [3.63, 3.8) is 0 Å². The highest BCUT2D eigenvalue weighted by Gasteiger charge is 1.60. The zero-order valence-corrected chi connectivity index (χ0v) is 3.49. The first-order valence-electron chi connectivity index (χ1n) is 1.40. The Balaban J connectivity index is 2.54. The minimum atomic E-state index is 0.505. The molecule has 0 bridgehead atoms. The molecule has 0 rings (SSSR count). The molecule has 0 spiro atoms. The zero-order chi connectivity index (χ0) is 4.28. The van der Waals surface area contributed by atoms with E-state index in [1.54, 1.807) is 7.05 Å². The molecule has 0 aromatic heterocycles. The van der Waals surface area contributed by atoms with Gasteiger partial charge < -0.3 is 4.97 Å². The molecule has 0 fully saturated rings. The fourth-order valence-electron chi connectivity index (χ4n) is 0. The highest BCUT2D eigenvalue weighted by Crippen LogP contribution is 1.20. The van der Waals surface area contributed by atoms with Crippen molar-refractivity contribution in [1.82, 2.24) is 0 Å². The maximum absolute atomic E-state index is 4.99. The summed E-state index contributed by atoms with van der Waals surface area (Å²) in [4.78, 5) is 4.95. The molecular formula is C2H7BNO. The molecule has 0 aliphatic heterocycles. The largest absolute Gasteiger partial charge is 0.454 e. The molecule has 1 unspecified atom stereocenters. The number of rotatable bonds is 1. The van der Waals surface area contributed by atoms with E-state index in [9.17, 15) is 0 Å². The Labute approximate surface area is 33.1 Å². The quantitative estimate of drug-likeness (QED) is 0.283. The summed E-state index contributed by atoms with van der Waals surface area (Å²) in [5, 5.41) is 0. The standard InChI is InChI=1S/C2H7BNO/c1-4(3)5-2/h4H,1-2H3. The van der Waals surface area contributed by atoms with Crippen molar-refractivity contribution >= 4 is 7.98 Å². The van der Waals surface area contributed by atoms with E-state index >= 15 is 0 Å². The minimum absolute atomic E-state index is 0.505. The Morgan fingerprint density at radius 3 is 2.00 bits per heavy atom. The topological polar surface area (TPSA) is 13.7 Å². The molecule has 0 saturated carbocycles. The molecule has 0 aromatic carbocycles. The van der Waals surface area contributed by atoms with Crippen LogP contribution in [-0.4, -0.2) is 22.1 Å². The van der Waals surface area contributed by atoms with Crippen molar-refractivity contribution in [2.75, 3.05) is 14.2 Å². The second-order valence-corrected chi connectivity index (χ2v) is 0.815. The van der Waals surface area contributed by atoms with Crippen LogP contribution in [0.4, 0.5) is 0 Å². The summed E-state index contributed by atoms with van der Waals surface area (Å²) in [6.07, 6.45) is 0. The van der Waals surface area contributed by atoms with Gasteiger partial charge >= 0.3 is 0 Å². The second-order valence-electron chi connectivity index (χ2n) is 0.815. The van der Waals surface area contributed by atoms with E-state index in [-0.39, 0.29) is 0 Å². The van der Waals surface area contributed by atoms with Crippen molar-refractivity contribution in [2.45, 2.75) is 0 Å². The summed E-state index contributed by atoms with van der Waals surface area (Å²) in [5.74, 6) is 0. The highest BCUT2D eigenvalue weighted by molar-refractivity contribution is 5.94. The van der Waals surface area contributed by atoms with Gasteiger partial charge in [-0.25, -0.2) is 0 Å². The number of hydroxylamine groups is 1. The van der Waals surface area contributed by atoms with Gasteiger partial charge in [-0.3, -0.25) is 4.84 Å². The third kappa shape index (κ3) is 3.98. The van der Waals surface area contributed by atoms with Gasteiger partial charge in [-0.1, -0.05) is 0 Å². The first kappa shape index (κ1) is 4.98. The molecule has 1 atom stereocenters. The molecule has 3 heteroatoms. The van der Waals surface area contributed by atoms with Crippen molar-refractivity contribution in [2.24, 2.45) is 0 Å². The fourth-order valence-corrected chi connectivity index (χ4v) is 0. The smallest absolute Gasteiger partial charge is 0.0892 e. The van der Waals surface area contributed by atoms with Gasteiger partial charge in [0.05, 0.1) is 7.11 Å². The van der Waals surface area contributed by atoms with E-state index in [4.69, 9.17) is 7.98 Å². The van der Waals surface area contributed by atoms with Crippen LogP contribution in [0, 0.1) is 0 Å². The monoisotopic (exact) mass is 72.1 g/mol. The number of hydrogen-bond acceptors (Lipinski definition) is 1. The molecule has 0 amide bonds. The molecule has 0 aliphatic carbocycles. The van der Waals surface area contributed by atoms with E-state index < -0.39 is 0 Å². The van der Waals surface area contributed by atoms with Crippen LogP contribution in [-0.2, 0) is 4.84 Å². The maximum atomic E-state index is 4.99. The molecule has 0 aliphatic rings. The van der Waals surface area contributed by atoms with Crippen LogP contribution in [0.5, 0.6) is 0 Å². The van der Waals surface area contributed by atoms with E-state index in [1.807, 2.05) is 0 Å². The van der Waals surface area contributed by atoms with Crippen LogP contribution in [0.25, 0.3) is 0 Å². The Morgan fingerprint density at radius 1 is 1.80 bits per heavy atom. The molecular weight excluding hydrogens is 64.8 g/mol. The van der Waals surface area contributed by atoms with Crippen LogP contribution >= 0.6 is 0 Å². The summed E-state index contributed by atoms with van der Waals surface area (Å²) in [6, 6.07) is 0. The lowest BCUT2D eigenvalue weighted by atomic mass is 10.4. The average Bonchev–Trinajstić information content (AvgIpc) is 1.38. The van der Waals surface area contributed by atoms with Crippen LogP contribution in [0.3, 0.4) is 0 Å². The lowest BCUT2D eigenvalue weighted by Gasteiger charge is -2.13. The Hall–Kier alpha value is -0.0151. The molecule has 0 aromatic rings. The number of nitrogens with one attached hydrogen (secondary N) is 1. The van der Waals surface area contributed by atoms with Gasteiger partial charge in [0.1, 0.15) is 0 Å². The zero-order valence-electron chi connectivity index (χ0n) is 3.49. The van der Waals surface area contributed by atoms with Gasteiger partial charge in [0, 0.05) is 7.05 Å². The SMILES string of the molecule is [B-][NH+](C)OC. The summed E-state index contributed by atoms with van der Waals surface area (Å²) in [6.45, 7) is 0. The predicted molar refractivity (Wildman–Crippen MR) is 19.6 cm³/mol. The summed E-state index contributed by atoms with van der Waals surface area (Å²) in [5.41, 5.74) is 0. The van der Waals surface area contributed by atoms with E-state index in [1.165, 1.54) is 7.11 Å². The van der Waals surface area contributed by atoms with Crippen molar-refractivity contribution in [3.8, 4) is 0 Å². The molecule has 1 N–H and O–H groups in total. The molecule has 0 saturated heterocycles. The van der Waals surface area contributed by atoms with Gasteiger partial charge in [-0.15, -0.1) is 0 Å². The number of quaternary nitrogens is 1. The van der Waals surface area contributed by atoms with Crippen LogP contribution in [0.2, 0.25) is 0 Å². The number of hydrogen-bond donors (Lipinski definition) is 1. The molecule has 29 valence electrons.